The molecule has 0 amide bonds. The van der Waals surface area contributed by atoms with Crippen molar-refractivity contribution in [2.45, 2.75) is 39.3 Å². The number of rotatable bonds is 2. The predicted octanol–water partition coefficient (Wildman–Crippen LogP) is 3.66. The van der Waals surface area contributed by atoms with Crippen LogP contribution in [0.15, 0.2) is 21.4 Å². The summed E-state index contributed by atoms with van der Waals surface area (Å²) < 4.78 is 6.09. The second-order valence-corrected chi connectivity index (χ2v) is 5.50. The SMILES string of the molecule is CC1CCC(C)N(Cc2coc(Br)c2)C1. The molecular weight excluding hydrogens is 254 g/mol. The standard InChI is InChI=1S/C12H18BrNO/c1-9-3-4-10(2)14(6-9)7-11-5-12(13)15-8-11/h5,8-10H,3-4,6-7H2,1-2H3. The molecule has 2 rings (SSSR count). The maximum Gasteiger partial charge on any atom is 0.169 e. The summed E-state index contributed by atoms with van der Waals surface area (Å²) in [4.78, 5) is 2.55. The van der Waals surface area contributed by atoms with E-state index in [1.54, 1.807) is 0 Å². The fourth-order valence-corrected chi connectivity index (χ4v) is 2.65. The topological polar surface area (TPSA) is 16.4 Å². The Bertz CT molecular complexity index is 323. The van der Waals surface area contributed by atoms with Crippen molar-refractivity contribution < 1.29 is 4.42 Å². The smallest absolute Gasteiger partial charge is 0.169 e. The number of piperidine rings is 1. The highest BCUT2D eigenvalue weighted by molar-refractivity contribution is 9.10. The minimum atomic E-state index is 0.704. The lowest BCUT2D eigenvalue weighted by molar-refractivity contribution is 0.117. The Morgan fingerprint density at radius 3 is 2.93 bits per heavy atom. The first-order valence-electron chi connectivity index (χ1n) is 5.62. The molecular formula is C12H18BrNO. The molecule has 1 fully saturated rings. The van der Waals surface area contributed by atoms with Crippen LogP contribution in [0.25, 0.3) is 0 Å². The van der Waals surface area contributed by atoms with E-state index in [2.05, 4.69) is 40.7 Å². The third-order valence-electron chi connectivity index (χ3n) is 3.25. The Morgan fingerprint density at radius 1 is 1.47 bits per heavy atom. The summed E-state index contributed by atoms with van der Waals surface area (Å²) in [5.74, 6) is 0.830. The molecule has 2 unspecified atom stereocenters. The van der Waals surface area contributed by atoms with Crippen molar-refractivity contribution in [1.29, 1.82) is 0 Å². The van der Waals surface area contributed by atoms with E-state index in [0.717, 1.165) is 17.1 Å². The number of hydrogen-bond acceptors (Lipinski definition) is 2. The summed E-state index contributed by atoms with van der Waals surface area (Å²) in [6, 6.07) is 2.77. The van der Waals surface area contributed by atoms with E-state index in [1.807, 2.05) is 6.26 Å². The Labute approximate surface area is 99.8 Å². The lowest BCUT2D eigenvalue weighted by atomic mass is 9.95. The van der Waals surface area contributed by atoms with E-state index in [-0.39, 0.29) is 0 Å². The maximum absolute atomic E-state index is 5.26. The summed E-state index contributed by atoms with van der Waals surface area (Å²) in [6.45, 7) is 6.88. The first-order valence-corrected chi connectivity index (χ1v) is 6.41. The van der Waals surface area contributed by atoms with Gasteiger partial charge in [-0.2, -0.15) is 0 Å². The highest BCUT2D eigenvalue weighted by atomic mass is 79.9. The molecule has 2 atom stereocenters. The second kappa shape index (κ2) is 4.71. The predicted molar refractivity (Wildman–Crippen MR) is 64.7 cm³/mol. The molecule has 2 nitrogen and oxygen atoms in total. The minimum absolute atomic E-state index is 0.704. The van der Waals surface area contributed by atoms with Crippen LogP contribution in [0.3, 0.4) is 0 Å². The van der Waals surface area contributed by atoms with Gasteiger partial charge in [0.05, 0.1) is 6.26 Å². The van der Waals surface area contributed by atoms with Crippen molar-refractivity contribution in [3.63, 3.8) is 0 Å². The molecule has 0 aliphatic carbocycles. The van der Waals surface area contributed by atoms with Crippen molar-refractivity contribution >= 4 is 15.9 Å². The Balaban J connectivity index is 1.98. The molecule has 0 spiro atoms. The molecule has 1 aromatic rings. The number of furan rings is 1. The van der Waals surface area contributed by atoms with Crippen LogP contribution in [0.2, 0.25) is 0 Å². The van der Waals surface area contributed by atoms with Crippen molar-refractivity contribution in [3.05, 3.63) is 22.6 Å². The molecule has 0 bridgehead atoms. The molecule has 0 N–H and O–H groups in total. The van der Waals surface area contributed by atoms with E-state index >= 15 is 0 Å². The zero-order valence-electron chi connectivity index (χ0n) is 9.37. The highest BCUT2D eigenvalue weighted by Crippen LogP contribution is 2.24. The molecule has 15 heavy (non-hydrogen) atoms. The number of hydrogen-bond donors (Lipinski definition) is 0. The van der Waals surface area contributed by atoms with Gasteiger partial charge in [-0.25, -0.2) is 0 Å². The molecule has 1 aliphatic heterocycles. The van der Waals surface area contributed by atoms with E-state index < -0.39 is 0 Å². The van der Waals surface area contributed by atoms with Crippen LogP contribution in [-0.2, 0) is 6.54 Å². The lowest BCUT2D eigenvalue weighted by Crippen LogP contribution is -2.40. The summed E-state index contributed by atoms with van der Waals surface area (Å²) in [7, 11) is 0. The fourth-order valence-electron chi connectivity index (χ4n) is 2.26. The Hall–Kier alpha value is -0.280. The number of likely N-dealkylation sites (tertiary alicyclic amines) is 1. The Morgan fingerprint density at radius 2 is 2.27 bits per heavy atom. The van der Waals surface area contributed by atoms with Crippen LogP contribution < -0.4 is 0 Å². The first kappa shape index (κ1) is 11.2. The lowest BCUT2D eigenvalue weighted by Gasteiger charge is -2.36. The van der Waals surface area contributed by atoms with Gasteiger partial charge in [0.25, 0.3) is 0 Å². The third kappa shape index (κ3) is 2.85. The molecule has 1 aliphatic rings. The van der Waals surface area contributed by atoms with Gasteiger partial charge >= 0.3 is 0 Å². The molecule has 0 aromatic carbocycles. The van der Waals surface area contributed by atoms with Gasteiger partial charge in [-0.3, -0.25) is 4.90 Å². The molecule has 84 valence electrons. The minimum Gasteiger partial charge on any atom is -0.457 e. The largest absolute Gasteiger partial charge is 0.457 e. The molecule has 2 heterocycles. The average Bonchev–Trinajstić information content (AvgIpc) is 2.58. The van der Waals surface area contributed by atoms with Gasteiger partial charge in [0.1, 0.15) is 0 Å². The van der Waals surface area contributed by atoms with Gasteiger partial charge in [-0.1, -0.05) is 6.92 Å². The fraction of sp³-hybridized carbons (Fsp3) is 0.667. The molecule has 1 saturated heterocycles. The van der Waals surface area contributed by atoms with Crippen LogP contribution in [0.4, 0.5) is 0 Å². The number of halogens is 1. The van der Waals surface area contributed by atoms with Crippen molar-refractivity contribution in [3.8, 4) is 0 Å². The monoisotopic (exact) mass is 271 g/mol. The second-order valence-electron chi connectivity index (χ2n) is 4.72. The van der Waals surface area contributed by atoms with Gasteiger partial charge in [0.2, 0.25) is 0 Å². The van der Waals surface area contributed by atoms with E-state index in [1.165, 1.54) is 24.9 Å². The van der Waals surface area contributed by atoms with Crippen LogP contribution in [0.5, 0.6) is 0 Å². The van der Waals surface area contributed by atoms with Crippen LogP contribution in [-0.4, -0.2) is 17.5 Å². The van der Waals surface area contributed by atoms with Crippen LogP contribution >= 0.6 is 15.9 Å². The number of nitrogens with zero attached hydrogens (tertiary/aromatic N) is 1. The van der Waals surface area contributed by atoms with Gasteiger partial charge < -0.3 is 4.42 Å². The highest BCUT2D eigenvalue weighted by Gasteiger charge is 2.22. The van der Waals surface area contributed by atoms with Gasteiger partial charge in [-0.05, 0) is 47.7 Å². The zero-order chi connectivity index (χ0) is 10.8. The van der Waals surface area contributed by atoms with Crippen molar-refractivity contribution in [2.24, 2.45) is 5.92 Å². The molecule has 0 saturated carbocycles. The van der Waals surface area contributed by atoms with Crippen molar-refractivity contribution in [1.82, 2.24) is 4.90 Å². The van der Waals surface area contributed by atoms with Crippen LogP contribution in [0, 0.1) is 5.92 Å². The third-order valence-corrected chi connectivity index (χ3v) is 3.67. The summed E-state index contributed by atoms with van der Waals surface area (Å²) in [5.41, 5.74) is 1.27. The van der Waals surface area contributed by atoms with E-state index in [4.69, 9.17) is 4.42 Å². The summed E-state index contributed by atoms with van der Waals surface area (Å²) in [6.07, 6.45) is 4.53. The average molecular weight is 272 g/mol. The molecule has 0 radical (unpaired) electrons. The van der Waals surface area contributed by atoms with E-state index in [0.29, 0.717) is 6.04 Å². The normalized spacial score (nSPS) is 28.2. The summed E-state index contributed by atoms with van der Waals surface area (Å²) in [5, 5.41) is 0. The maximum atomic E-state index is 5.26. The van der Waals surface area contributed by atoms with Crippen molar-refractivity contribution in [2.75, 3.05) is 6.54 Å². The zero-order valence-corrected chi connectivity index (χ0v) is 11.0. The van der Waals surface area contributed by atoms with Gasteiger partial charge in [0, 0.05) is 24.7 Å². The summed E-state index contributed by atoms with van der Waals surface area (Å²) >= 11 is 3.34. The van der Waals surface area contributed by atoms with Gasteiger partial charge in [0.15, 0.2) is 4.67 Å². The molecule has 3 heteroatoms. The van der Waals surface area contributed by atoms with Gasteiger partial charge in [-0.15, -0.1) is 0 Å². The Kier molecular flexibility index (Phi) is 3.52. The first-order chi connectivity index (χ1) is 7.15. The quantitative estimate of drug-likeness (QED) is 0.816. The van der Waals surface area contributed by atoms with Crippen LogP contribution in [0.1, 0.15) is 32.3 Å². The molecule has 1 aromatic heterocycles. The van der Waals surface area contributed by atoms with E-state index in [9.17, 15) is 0 Å².